The zero-order chi connectivity index (χ0) is 29.2. The number of carbonyl (C=O) groups is 1. The summed E-state index contributed by atoms with van der Waals surface area (Å²) in [6.07, 6.45) is 3.44. The highest BCUT2D eigenvalue weighted by Gasteiger charge is 2.48. The maximum Gasteiger partial charge on any atom is 0.247 e. The van der Waals surface area contributed by atoms with Crippen LogP contribution in [0.25, 0.3) is 0 Å². The summed E-state index contributed by atoms with van der Waals surface area (Å²) in [6.45, 7) is 12.4. The molecule has 0 saturated carbocycles. The minimum Gasteiger partial charge on any atom is -0.469 e. The summed E-state index contributed by atoms with van der Waals surface area (Å²) < 4.78 is 17.5. The number of likely N-dealkylation sites (N-methyl/N-ethyl adjacent to an activating group) is 1. The van der Waals surface area contributed by atoms with Crippen LogP contribution in [0.3, 0.4) is 0 Å². The number of piperazine rings is 1. The van der Waals surface area contributed by atoms with Crippen LogP contribution in [0, 0.1) is 6.92 Å². The molecule has 42 heavy (non-hydrogen) atoms. The molecule has 0 unspecified atom stereocenters. The summed E-state index contributed by atoms with van der Waals surface area (Å²) in [5, 5.41) is 16.3. The van der Waals surface area contributed by atoms with Crippen LogP contribution < -0.4 is 20.3 Å². The molecule has 4 aliphatic heterocycles. The highest BCUT2D eigenvalue weighted by atomic mass is 16.6. The first kappa shape index (κ1) is 28.8. The van der Waals surface area contributed by atoms with Gasteiger partial charge >= 0.3 is 0 Å². The van der Waals surface area contributed by atoms with Crippen molar-refractivity contribution in [3.8, 4) is 5.88 Å². The van der Waals surface area contributed by atoms with Gasteiger partial charge in [-0.15, -0.1) is 0 Å². The van der Waals surface area contributed by atoms with Gasteiger partial charge in [0, 0.05) is 62.8 Å². The van der Waals surface area contributed by atoms with E-state index in [4.69, 9.17) is 14.2 Å². The van der Waals surface area contributed by atoms with Crippen molar-refractivity contribution in [1.82, 2.24) is 19.8 Å². The molecule has 4 saturated heterocycles. The molecule has 5 heterocycles. The quantitative estimate of drug-likeness (QED) is 0.397. The first-order valence-electron chi connectivity index (χ1n) is 14.8. The Morgan fingerprint density at radius 2 is 1.88 bits per heavy atom. The van der Waals surface area contributed by atoms with Crippen LogP contribution in [0.15, 0.2) is 37.1 Å². The Bertz CT molecular complexity index is 1280. The second kappa shape index (κ2) is 12.5. The van der Waals surface area contributed by atoms with E-state index < -0.39 is 6.10 Å². The Morgan fingerprint density at radius 1 is 1.12 bits per heavy atom. The number of aliphatic hydroxyl groups is 1. The number of benzene rings is 1. The number of aromatic nitrogens is 2. The Hall–Kier alpha value is -3.29. The van der Waals surface area contributed by atoms with Crippen molar-refractivity contribution < 1.29 is 24.1 Å². The van der Waals surface area contributed by atoms with Crippen LogP contribution >= 0.6 is 0 Å². The van der Waals surface area contributed by atoms with Crippen LogP contribution in [-0.2, 0) is 14.3 Å². The molecule has 3 N–H and O–H groups in total. The SMILES string of the molecule is C=CC(=O)Nc1cc(Nc2ncc(C)c(O[C@@H]3CO[C@H]4[C@@H]3OC[C@H]4O)n2)ccc1N1CCC(N2CCN(C)CC2)CC1. The molecule has 4 aliphatic rings. The first-order chi connectivity index (χ1) is 20.4. The highest BCUT2D eigenvalue weighted by molar-refractivity contribution is 6.01. The van der Waals surface area contributed by atoms with Crippen LogP contribution in [0.5, 0.6) is 5.88 Å². The number of amides is 1. The number of carbonyl (C=O) groups excluding carboxylic acids is 1. The van der Waals surface area contributed by atoms with Gasteiger partial charge in [-0.3, -0.25) is 9.69 Å². The number of ether oxygens (including phenoxy) is 3. The number of aryl methyl sites for hydroxylation is 1. The number of hydrogen-bond donors (Lipinski definition) is 3. The van der Waals surface area contributed by atoms with E-state index in [1.54, 1.807) is 6.20 Å². The number of nitrogens with zero attached hydrogens (tertiary/aromatic N) is 5. The molecule has 2 aromatic rings. The van der Waals surface area contributed by atoms with E-state index in [0.717, 1.165) is 69.0 Å². The number of rotatable bonds is 8. The molecule has 0 spiro atoms. The van der Waals surface area contributed by atoms with Gasteiger partial charge in [0.25, 0.3) is 0 Å². The van der Waals surface area contributed by atoms with Gasteiger partial charge in [0.1, 0.15) is 18.3 Å². The van der Waals surface area contributed by atoms with Crippen molar-refractivity contribution in [3.63, 3.8) is 0 Å². The molecule has 0 radical (unpaired) electrons. The minimum absolute atomic E-state index is 0.236. The van der Waals surface area contributed by atoms with Gasteiger partial charge in [0.2, 0.25) is 17.7 Å². The first-order valence-corrected chi connectivity index (χ1v) is 14.8. The lowest BCUT2D eigenvalue weighted by Crippen LogP contribution is -2.52. The topological polar surface area (TPSA) is 125 Å². The van der Waals surface area contributed by atoms with Crippen molar-refractivity contribution >= 4 is 28.9 Å². The normalized spacial score (nSPS) is 27.1. The maximum atomic E-state index is 12.4. The zero-order valence-electron chi connectivity index (χ0n) is 24.4. The third kappa shape index (κ3) is 6.23. The smallest absolute Gasteiger partial charge is 0.247 e. The van der Waals surface area contributed by atoms with Crippen LogP contribution in [0.1, 0.15) is 18.4 Å². The Morgan fingerprint density at radius 3 is 2.64 bits per heavy atom. The molecule has 1 aromatic heterocycles. The highest BCUT2D eigenvalue weighted by Crippen LogP contribution is 2.34. The van der Waals surface area contributed by atoms with Gasteiger partial charge in [0.15, 0.2) is 6.10 Å². The average Bonchev–Trinajstić information content (AvgIpc) is 3.58. The summed E-state index contributed by atoms with van der Waals surface area (Å²) in [7, 11) is 2.19. The molecular weight excluding hydrogens is 538 g/mol. The number of piperidine rings is 1. The van der Waals surface area contributed by atoms with E-state index in [2.05, 4.69) is 48.9 Å². The van der Waals surface area contributed by atoms with Crippen molar-refractivity contribution in [2.75, 3.05) is 75.1 Å². The molecule has 1 aromatic carbocycles. The maximum absolute atomic E-state index is 12.4. The number of nitrogens with one attached hydrogen (secondary N) is 2. The summed E-state index contributed by atoms with van der Waals surface area (Å²) in [5.41, 5.74) is 3.19. The minimum atomic E-state index is -0.644. The van der Waals surface area contributed by atoms with Gasteiger partial charge in [-0.25, -0.2) is 4.98 Å². The molecule has 12 nitrogen and oxygen atoms in total. The second-order valence-electron chi connectivity index (χ2n) is 11.6. The predicted octanol–water partition coefficient (Wildman–Crippen LogP) is 1.78. The van der Waals surface area contributed by atoms with Gasteiger partial charge in [-0.05, 0) is 51.1 Å². The van der Waals surface area contributed by atoms with Crippen LogP contribution in [0.2, 0.25) is 0 Å². The van der Waals surface area contributed by atoms with Crippen molar-refractivity contribution in [1.29, 1.82) is 0 Å². The lowest BCUT2D eigenvalue weighted by Gasteiger charge is -2.43. The summed E-state index contributed by atoms with van der Waals surface area (Å²) in [5.74, 6) is 0.520. The standard InChI is InChI=1S/C30H41N7O5/c1-4-26(39)33-22-15-20(5-6-23(22)37-9-7-21(8-10-37)36-13-11-35(3)12-14-36)32-30-31-16-19(2)29(34-30)42-25-18-41-27-24(38)17-40-28(25)27/h4-6,15-16,21,24-25,27-28,38H,1,7-14,17-18H2,2-3H3,(H,33,39)(H,31,32,34)/t24-,25-,27-,28-/m1/s1. The van der Waals surface area contributed by atoms with E-state index in [-0.39, 0.29) is 30.8 Å². The van der Waals surface area contributed by atoms with Crippen LogP contribution in [0.4, 0.5) is 23.0 Å². The summed E-state index contributed by atoms with van der Waals surface area (Å²) in [4.78, 5) is 28.8. The molecule has 0 bridgehead atoms. The molecular formula is C30H41N7O5. The largest absolute Gasteiger partial charge is 0.469 e. The fourth-order valence-corrected chi connectivity index (χ4v) is 6.26. The summed E-state index contributed by atoms with van der Waals surface area (Å²) >= 11 is 0. The Labute approximate surface area is 246 Å². The average molecular weight is 580 g/mol. The number of aliphatic hydroxyl groups excluding tert-OH is 1. The lowest BCUT2D eigenvalue weighted by atomic mass is 10.0. The Balaban J connectivity index is 1.14. The lowest BCUT2D eigenvalue weighted by molar-refractivity contribution is -0.111. The molecule has 0 aliphatic carbocycles. The number of fused-ring (bicyclic) bond motifs is 1. The molecule has 4 atom stereocenters. The van der Waals surface area contributed by atoms with Crippen molar-refractivity contribution in [2.45, 2.75) is 50.2 Å². The molecule has 226 valence electrons. The Kier molecular flexibility index (Phi) is 8.59. The van der Waals surface area contributed by atoms with Gasteiger partial charge in [-0.2, -0.15) is 4.98 Å². The monoisotopic (exact) mass is 579 g/mol. The third-order valence-electron chi connectivity index (χ3n) is 8.73. The zero-order valence-corrected chi connectivity index (χ0v) is 24.4. The van der Waals surface area contributed by atoms with E-state index in [1.165, 1.54) is 6.08 Å². The third-order valence-corrected chi connectivity index (χ3v) is 8.73. The van der Waals surface area contributed by atoms with Gasteiger partial charge in [0.05, 0.1) is 24.6 Å². The predicted molar refractivity (Wildman–Crippen MR) is 160 cm³/mol. The fourth-order valence-electron chi connectivity index (χ4n) is 6.26. The molecule has 4 fully saturated rings. The molecule has 6 rings (SSSR count). The van der Waals surface area contributed by atoms with E-state index in [9.17, 15) is 9.90 Å². The van der Waals surface area contributed by atoms with E-state index in [1.807, 2.05) is 25.1 Å². The fraction of sp³-hybridized carbons (Fsp3) is 0.567. The molecule has 12 heteroatoms. The van der Waals surface area contributed by atoms with E-state index in [0.29, 0.717) is 30.2 Å². The van der Waals surface area contributed by atoms with Crippen molar-refractivity contribution in [2.24, 2.45) is 0 Å². The van der Waals surface area contributed by atoms with Crippen LogP contribution in [-0.4, -0.2) is 121 Å². The molecule has 1 amide bonds. The van der Waals surface area contributed by atoms with Crippen molar-refractivity contribution in [3.05, 3.63) is 42.6 Å². The number of anilines is 4. The van der Waals surface area contributed by atoms with Gasteiger partial charge < -0.3 is 39.8 Å². The summed E-state index contributed by atoms with van der Waals surface area (Å²) in [6, 6.07) is 6.50. The number of hydrogen-bond acceptors (Lipinski definition) is 11. The second-order valence-corrected chi connectivity index (χ2v) is 11.6. The van der Waals surface area contributed by atoms with E-state index >= 15 is 0 Å². The van der Waals surface area contributed by atoms with Gasteiger partial charge in [-0.1, -0.05) is 6.58 Å².